The van der Waals surface area contributed by atoms with Crippen molar-refractivity contribution >= 4 is 27.0 Å². The second kappa shape index (κ2) is 23.3. The zero-order chi connectivity index (χ0) is 42.1. The Kier molecular flexibility index (Phi) is 20.8. The quantitative estimate of drug-likeness (QED) is 0.0755. The second-order valence-electron chi connectivity index (χ2n) is 19.6. The number of rotatable bonds is 10. The molecule has 5 heteroatoms. The molecule has 0 saturated heterocycles. The first kappa shape index (κ1) is 52.9. The molecule has 0 aliphatic rings. The number of hydrogen-bond acceptors (Lipinski definition) is 1. The van der Waals surface area contributed by atoms with E-state index in [2.05, 4.69) is 199 Å². The molecule has 0 atom stereocenters. The SMILES string of the molecule is CC(C)c1cc2c(-c3ccc(C(C)(C)C)cc3)cccc2[cH-]1.C[Si](C)=[Hf+2].Cc1[cH-]c2cccc(-c3ccc(C(C)(C)C)cc3)c2c1CCCCCCOC(C)(C)C.[Cl-].[Cl-]. The van der Waals surface area contributed by atoms with Gasteiger partial charge < -0.3 is 29.6 Å². The van der Waals surface area contributed by atoms with E-state index in [1.54, 1.807) is 0 Å². The van der Waals surface area contributed by atoms with Crippen LogP contribution < -0.4 is 24.8 Å². The zero-order valence-electron chi connectivity index (χ0n) is 38.8. The van der Waals surface area contributed by atoms with Crippen LogP contribution in [0.1, 0.15) is 136 Å². The van der Waals surface area contributed by atoms with Gasteiger partial charge in [-0.1, -0.05) is 160 Å². The molecule has 0 aromatic heterocycles. The van der Waals surface area contributed by atoms with Gasteiger partial charge >= 0.3 is 41.6 Å². The number of aryl methyl sites for hydroxylation is 2. The Labute approximate surface area is 387 Å². The fraction of sp³-hybridized carbons (Fsp3) is 0.444. The van der Waals surface area contributed by atoms with Gasteiger partial charge in [0.2, 0.25) is 0 Å². The van der Waals surface area contributed by atoms with Crippen LogP contribution in [0, 0.1) is 6.92 Å². The first-order valence-corrected chi connectivity index (χ1v) is 29.3. The molecule has 0 amide bonds. The number of ether oxygens (including phenoxy) is 1. The van der Waals surface area contributed by atoms with Crippen molar-refractivity contribution in [3.8, 4) is 22.3 Å². The number of halogens is 2. The molecule has 59 heavy (non-hydrogen) atoms. The molecule has 0 aliphatic carbocycles. The van der Waals surface area contributed by atoms with Crippen molar-refractivity contribution < 1.29 is 52.6 Å². The molecule has 0 N–H and O–H groups in total. The van der Waals surface area contributed by atoms with E-state index < -0.39 is 0 Å². The molecule has 0 spiro atoms. The van der Waals surface area contributed by atoms with E-state index in [4.69, 9.17) is 4.74 Å². The van der Waals surface area contributed by atoms with E-state index in [9.17, 15) is 0 Å². The van der Waals surface area contributed by atoms with E-state index in [1.807, 2.05) is 0 Å². The summed E-state index contributed by atoms with van der Waals surface area (Å²) < 4.78 is 5.85. The van der Waals surface area contributed by atoms with Crippen LogP contribution in [0.15, 0.2) is 103 Å². The van der Waals surface area contributed by atoms with Crippen molar-refractivity contribution in [1.82, 2.24) is 0 Å². The van der Waals surface area contributed by atoms with E-state index in [-0.39, 0.29) is 46.7 Å². The number of fused-ring (bicyclic) bond motifs is 2. The average molecular weight is 1010 g/mol. The van der Waals surface area contributed by atoms with Gasteiger partial charge in [-0.3, -0.25) is 0 Å². The minimum absolute atomic E-state index is 0. The maximum Gasteiger partial charge on any atom is 0.0598 e. The molecule has 318 valence electrons. The fourth-order valence-corrected chi connectivity index (χ4v) is 7.39. The van der Waals surface area contributed by atoms with Crippen LogP contribution in [-0.4, -0.2) is 17.7 Å². The Balaban J connectivity index is 0.000000376. The molecule has 0 aliphatic heterocycles. The van der Waals surface area contributed by atoms with Gasteiger partial charge in [-0.2, -0.15) is 6.07 Å². The summed E-state index contributed by atoms with van der Waals surface area (Å²) in [5, 5.41) is 5.55. The Morgan fingerprint density at radius 1 is 0.627 bits per heavy atom. The predicted molar refractivity (Wildman–Crippen MR) is 252 cm³/mol. The first-order chi connectivity index (χ1) is 26.7. The summed E-state index contributed by atoms with van der Waals surface area (Å²) in [5.74, 6) is 0.573. The van der Waals surface area contributed by atoms with Gasteiger partial charge in [0.25, 0.3) is 0 Å². The van der Waals surface area contributed by atoms with Crippen molar-refractivity contribution in [2.45, 2.75) is 151 Å². The molecular weight excluding hydrogens is 942 g/mol. The zero-order valence-corrected chi connectivity index (χ0v) is 44.9. The van der Waals surface area contributed by atoms with Crippen LogP contribution in [0.3, 0.4) is 0 Å². The largest absolute Gasteiger partial charge is 1.00 e. The van der Waals surface area contributed by atoms with Crippen molar-refractivity contribution in [2.75, 3.05) is 6.61 Å². The molecule has 0 heterocycles. The Hall–Kier alpha value is -2.27. The molecule has 6 aromatic rings. The van der Waals surface area contributed by atoms with Crippen molar-refractivity contribution in [3.05, 3.63) is 131 Å². The third-order valence-electron chi connectivity index (χ3n) is 10.7. The van der Waals surface area contributed by atoms with Crippen LogP contribution in [0.25, 0.3) is 43.8 Å². The average Bonchev–Trinajstić information content (AvgIpc) is 3.71. The number of unbranched alkanes of at least 4 members (excludes halogenated alkanes) is 3. The molecule has 6 aromatic carbocycles. The summed E-state index contributed by atoms with van der Waals surface area (Å²) in [4.78, 5) is 0. The summed E-state index contributed by atoms with van der Waals surface area (Å²) >= 11 is 1.45. The summed E-state index contributed by atoms with van der Waals surface area (Å²) in [7, 11) is 0. The van der Waals surface area contributed by atoms with Crippen molar-refractivity contribution in [1.29, 1.82) is 0 Å². The minimum atomic E-state index is -0.0210. The van der Waals surface area contributed by atoms with Crippen LogP contribution in [0.5, 0.6) is 0 Å². The minimum Gasteiger partial charge on any atom is -1.00 e. The van der Waals surface area contributed by atoms with E-state index in [0.29, 0.717) is 5.92 Å². The van der Waals surface area contributed by atoms with Gasteiger partial charge in [-0.05, 0) is 66.2 Å². The topological polar surface area (TPSA) is 9.23 Å². The predicted octanol–water partition coefficient (Wildman–Crippen LogP) is 10.2. The van der Waals surface area contributed by atoms with Gasteiger partial charge in [0.05, 0.1) is 5.60 Å². The standard InChI is InChI=1S/C30H41O.C22H25.C2H6Si.2ClH.Hf/c1-22-21-24-13-12-15-27(23-16-18-25(19-17-23)29(2,3)4)28(24)26(22)14-10-8-9-11-20-31-30(5,6)7;1-15(2)18-13-17-7-6-8-20(21(17)14-18)16-9-11-19(12-10-16)22(3,4)5;1-3-2;;;/h12-13,15-19,21H,8-11,14,20H2,1-7H3;6-15H,1-5H3;1-2H3;2*1H;/q2*-1;;;;+2/p-2. The van der Waals surface area contributed by atoms with Crippen LogP contribution in [-0.2, 0) is 45.0 Å². The van der Waals surface area contributed by atoms with Gasteiger partial charge in [-0.15, -0.1) is 74.6 Å². The summed E-state index contributed by atoms with van der Waals surface area (Å²) in [6.07, 6.45) is 6.07. The number of benzene rings is 4. The van der Waals surface area contributed by atoms with Crippen molar-refractivity contribution in [3.63, 3.8) is 0 Å². The van der Waals surface area contributed by atoms with Gasteiger partial charge in [0.1, 0.15) is 0 Å². The maximum atomic E-state index is 5.85. The van der Waals surface area contributed by atoms with E-state index in [0.717, 1.165) is 19.4 Å². The third-order valence-corrected chi connectivity index (χ3v) is 10.7. The number of hydrogen-bond donors (Lipinski definition) is 0. The molecule has 0 saturated carbocycles. The molecular formula is C54H72Cl2HfOSi-2. The monoisotopic (exact) mass is 1010 g/mol. The Morgan fingerprint density at radius 3 is 1.59 bits per heavy atom. The van der Waals surface area contributed by atoms with E-state index >= 15 is 0 Å². The molecule has 0 unspecified atom stereocenters. The maximum absolute atomic E-state index is 5.85. The van der Waals surface area contributed by atoms with Crippen LogP contribution in [0.2, 0.25) is 13.1 Å². The van der Waals surface area contributed by atoms with Gasteiger partial charge in [-0.25, -0.2) is 0 Å². The van der Waals surface area contributed by atoms with Crippen LogP contribution >= 0.6 is 0 Å². The first-order valence-electron chi connectivity index (χ1n) is 21.4. The van der Waals surface area contributed by atoms with Gasteiger partial charge in [0.15, 0.2) is 0 Å². The van der Waals surface area contributed by atoms with E-state index in [1.165, 1.54) is 114 Å². The smallest absolute Gasteiger partial charge is 0.0598 e. The Morgan fingerprint density at radius 2 is 1.10 bits per heavy atom. The summed E-state index contributed by atoms with van der Waals surface area (Å²) in [6.45, 7) is 32.3. The third kappa shape index (κ3) is 15.9. The Bertz CT molecular complexity index is 2180. The van der Waals surface area contributed by atoms with Gasteiger partial charge in [0, 0.05) is 6.61 Å². The summed E-state index contributed by atoms with van der Waals surface area (Å²) in [6, 6.07) is 38.7. The second-order valence-corrected chi connectivity index (χ2v) is 32.4. The fourth-order valence-electron chi connectivity index (χ4n) is 7.39. The molecule has 6 rings (SSSR count). The normalized spacial score (nSPS) is 11.7. The summed E-state index contributed by atoms with van der Waals surface area (Å²) in [5.41, 5.74) is 13.1. The molecule has 0 bridgehead atoms. The van der Waals surface area contributed by atoms with Crippen LogP contribution in [0.4, 0.5) is 0 Å². The molecule has 0 radical (unpaired) electrons. The van der Waals surface area contributed by atoms with Crippen molar-refractivity contribution in [2.24, 2.45) is 0 Å². The molecule has 1 nitrogen and oxygen atoms in total. The molecule has 0 fully saturated rings.